The zero-order chi connectivity index (χ0) is 16.3. The van der Waals surface area contributed by atoms with E-state index in [1.807, 2.05) is 5.38 Å². The summed E-state index contributed by atoms with van der Waals surface area (Å²) in [7, 11) is 1.35. The van der Waals surface area contributed by atoms with Gasteiger partial charge in [-0.25, -0.2) is 4.98 Å². The number of methoxy groups -OCH3 is 1. The lowest BCUT2D eigenvalue weighted by molar-refractivity contribution is -0.142. The molecule has 0 fully saturated rings. The van der Waals surface area contributed by atoms with E-state index >= 15 is 0 Å². The van der Waals surface area contributed by atoms with Crippen molar-refractivity contribution in [1.29, 1.82) is 0 Å². The average Bonchev–Trinajstić information content (AvgIpc) is 2.93. The summed E-state index contributed by atoms with van der Waals surface area (Å²) in [6, 6.07) is 5.26. The van der Waals surface area contributed by atoms with Crippen molar-refractivity contribution < 1.29 is 14.3 Å². The minimum absolute atomic E-state index is 0.185. The predicted molar refractivity (Wildman–Crippen MR) is 87.3 cm³/mol. The molecule has 2 rings (SSSR count). The molecule has 1 atom stereocenters. The highest BCUT2D eigenvalue weighted by Crippen LogP contribution is 2.34. The number of aromatic nitrogens is 1. The van der Waals surface area contributed by atoms with Gasteiger partial charge in [0.25, 0.3) is 0 Å². The highest BCUT2D eigenvalue weighted by atomic mass is 35.5. The number of nitrogens with zero attached hydrogens (tertiary/aromatic N) is 1. The van der Waals surface area contributed by atoms with Gasteiger partial charge in [-0.15, -0.1) is 11.3 Å². The van der Waals surface area contributed by atoms with Crippen LogP contribution in [0.1, 0.15) is 25.3 Å². The minimum Gasteiger partial charge on any atom is -0.469 e. The molecule has 1 N–H and O–H groups in total. The molecule has 0 saturated heterocycles. The fraction of sp³-hybridized carbons (Fsp3) is 0.267. The van der Waals surface area contributed by atoms with Gasteiger partial charge in [-0.2, -0.15) is 0 Å². The molecule has 0 aliphatic heterocycles. The van der Waals surface area contributed by atoms with Crippen molar-refractivity contribution in [1.82, 2.24) is 4.98 Å². The fourth-order valence-electron chi connectivity index (χ4n) is 2.04. The van der Waals surface area contributed by atoms with Crippen molar-refractivity contribution >= 4 is 39.9 Å². The number of ether oxygens (including phenoxy) is 1. The Kier molecular flexibility index (Phi) is 5.15. The van der Waals surface area contributed by atoms with Crippen molar-refractivity contribution in [2.45, 2.75) is 19.8 Å². The number of thiazole rings is 1. The fourth-order valence-corrected chi connectivity index (χ4v) is 2.97. The molecule has 1 aromatic carbocycles. The quantitative estimate of drug-likeness (QED) is 0.863. The summed E-state index contributed by atoms with van der Waals surface area (Å²) < 4.78 is 4.80. The topological polar surface area (TPSA) is 68.3 Å². The minimum atomic E-state index is -0.441. The molecule has 0 aliphatic carbocycles. The van der Waals surface area contributed by atoms with Crippen molar-refractivity contribution in [3.8, 4) is 11.3 Å². The standard InChI is InChI=1S/C15H15ClN2O3S/c1-8(14(20)21-3)11-5-4-10(16)6-12(11)13-7-22-15(18-13)17-9(2)19/h4-8H,1-3H3,(H,17,18,19). The van der Waals surface area contributed by atoms with E-state index in [1.54, 1.807) is 25.1 Å². The average molecular weight is 339 g/mol. The Bertz CT molecular complexity index is 715. The van der Waals surface area contributed by atoms with E-state index in [-0.39, 0.29) is 11.9 Å². The molecule has 0 spiro atoms. The van der Waals surface area contributed by atoms with Crippen LogP contribution >= 0.6 is 22.9 Å². The van der Waals surface area contributed by atoms with Crippen LogP contribution in [0.15, 0.2) is 23.6 Å². The van der Waals surface area contributed by atoms with Crippen LogP contribution in [0.5, 0.6) is 0 Å². The van der Waals surface area contributed by atoms with Crippen molar-refractivity contribution in [3.05, 3.63) is 34.2 Å². The van der Waals surface area contributed by atoms with Crippen LogP contribution in [-0.4, -0.2) is 24.0 Å². The maximum atomic E-state index is 11.8. The van der Waals surface area contributed by atoms with Crippen LogP contribution in [0.25, 0.3) is 11.3 Å². The molecule has 22 heavy (non-hydrogen) atoms. The van der Waals surface area contributed by atoms with Crippen LogP contribution in [0.3, 0.4) is 0 Å². The molecule has 0 saturated carbocycles. The number of carbonyl (C=O) groups is 2. The van der Waals surface area contributed by atoms with Gasteiger partial charge in [-0.1, -0.05) is 17.7 Å². The first-order valence-corrected chi connectivity index (χ1v) is 7.79. The second-order valence-corrected chi connectivity index (χ2v) is 5.99. The van der Waals surface area contributed by atoms with E-state index in [9.17, 15) is 9.59 Å². The molecule has 116 valence electrons. The van der Waals surface area contributed by atoms with E-state index < -0.39 is 5.92 Å². The van der Waals surface area contributed by atoms with Crippen LogP contribution in [-0.2, 0) is 14.3 Å². The first-order valence-electron chi connectivity index (χ1n) is 6.53. The zero-order valence-electron chi connectivity index (χ0n) is 12.3. The largest absolute Gasteiger partial charge is 0.469 e. The Hall–Kier alpha value is -1.92. The van der Waals surface area contributed by atoms with E-state index in [4.69, 9.17) is 16.3 Å². The van der Waals surface area contributed by atoms with Crippen LogP contribution in [0.2, 0.25) is 5.02 Å². The molecule has 1 aromatic heterocycles. The Morgan fingerprint density at radius 1 is 1.41 bits per heavy atom. The summed E-state index contributed by atoms with van der Waals surface area (Å²) in [5.74, 6) is -0.959. The first kappa shape index (κ1) is 16.5. The van der Waals surface area contributed by atoms with E-state index in [0.29, 0.717) is 15.8 Å². The van der Waals surface area contributed by atoms with Crippen molar-refractivity contribution in [3.63, 3.8) is 0 Å². The number of hydrogen-bond acceptors (Lipinski definition) is 5. The second-order valence-electron chi connectivity index (χ2n) is 4.70. The van der Waals surface area contributed by atoms with Gasteiger partial charge in [0, 0.05) is 22.9 Å². The summed E-state index contributed by atoms with van der Waals surface area (Å²) in [5.41, 5.74) is 2.18. The number of benzene rings is 1. The molecule has 1 heterocycles. The Morgan fingerprint density at radius 2 is 2.14 bits per heavy atom. The third-order valence-electron chi connectivity index (χ3n) is 3.10. The summed E-state index contributed by atoms with van der Waals surface area (Å²) in [6.07, 6.45) is 0. The SMILES string of the molecule is COC(=O)C(C)c1ccc(Cl)cc1-c1csc(NC(C)=O)n1. The van der Waals surface area contributed by atoms with Gasteiger partial charge < -0.3 is 10.1 Å². The molecule has 1 amide bonds. The highest BCUT2D eigenvalue weighted by Gasteiger charge is 2.21. The number of esters is 1. The summed E-state index contributed by atoms with van der Waals surface area (Å²) in [5, 5.41) is 5.49. The third-order valence-corrected chi connectivity index (χ3v) is 4.09. The Morgan fingerprint density at radius 3 is 2.77 bits per heavy atom. The lowest BCUT2D eigenvalue weighted by Gasteiger charge is -2.14. The Labute approximate surface area is 137 Å². The summed E-state index contributed by atoms with van der Waals surface area (Å²) >= 11 is 7.38. The smallest absolute Gasteiger partial charge is 0.312 e. The molecule has 5 nitrogen and oxygen atoms in total. The normalized spacial score (nSPS) is 11.8. The lowest BCUT2D eigenvalue weighted by Crippen LogP contribution is -2.12. The maximum absolute atomic E-state index is 11.8. The van der Waals surface area contributed by atoms with Gasteiger partial charge in [0.15, 0.2) is 5.13 Å². The van der Waals surface area contributed by atoms with Crippen LogP contribution < -0.4 is 5.32 Å². The second kappa shape index (κ2) is 6.89. The van der Waals surface area contributed by atoms with Gasteiger partial charge in [0.1, 0.15) is 0 Å². The van der Waals surface area contributed by atoms with Crippen LogP contribution in [0.4, 0.5) is 5.13 Å². The molecular formula is C15H15ClN2O3S. The molecule has 1 unspecified atom stereocenters. The number of anilines is 1. The van der Waals surface area contributed by atoms with Gasteiger partial charge in [-0.3, -0.25) is 9.59 Å². The van der Waals surface area contributed by atoms with Crippen LogP contribution in [0, 0.1) is 0 Å². The number of halogens is 1. The van der Waals surface area contributed by atoms with Gasteiger partial charge in [0.05, 0.1) is 18.7 Å². The van der Waals surface area contributed by atoms with Crippen molar-refractivity contribution in [2.75, 3.05) is 12.4 Å². The van der Waals surface area contributed by atoms with Gasteiger partial charge >= 0.3 is 5.97 Å². The highest BCUT2D eigenvalue weighted by molar-refractivity contribution is 7.14. The van der Waals surface area contributed by atoms with E-state index in [2.05, 4.69) is 10.3 Å². The maximum Gasteiger partial charge on any atom is 0.312 e. The Balaban J connectivity index is 2.45. The molecule has 0 radical (unpaired) electrons. The van der Waals surface area contributed by atoms with E-state index in [0.717, 1.165) is 11.1 Å². The monoisotopic (exact) mass is 338 g/mol. The molecular weight excluding hydrogens is 324 g/mol. The van der Waals surface area contributed by atoms with Gasteiger partial charge in [0.2, 0.25) is 5.91 Å². The number of amides is 1. The first-order chi connectivity index (χ1) is 10.4. The lowest BCUT2D eigenvalue weighted by atomic mass is 9.94. The summed E-state index contributed by atoms with van der Waals surface area (Å²) in [4.78, 5) is 27.3. The summed E-state index contributed by atoms with van der Waals surface area (Å²) in [6.45, 7) is 3.19. The molecule has 0 bridgehead atoms. The van der Waals surface area contributed by atoms with E-state index in [1.165, 1.54) is 25.4 Å². The number of hydrogen-bond donors (Lipinski definition) is 1. The molecule has 2 aromatic rings. The molecule has 7 heteroatoms. The van der Waals surface area contributed by atoms with Crippen molar-refractivity contribution in [2.24, 2.45) is 0 Å². The number of nitrogens with one attached hydrogen (secondary N) is 1. The molecule has 0 aliphatic rings. The number of carbonyl (C=O) groups excluding carboxylic acids is 2. The number of rotatable bonds is 4. The zero-order valence-corrected chi connectivity index (χ0v) is 13.9. The van der Waals surface area contributed by atoms with Gasteiger partial charge in [-0.05, 0) is 24.6 Å². The predicted octanol–water partition coefficient (Wildman–Crippen LogP) is 3.70. The third kappa shape index (κ3) is 3.64.